The maximum atomic E-state index is 14.0. The monoisotopic (exact) mass is 327 g/mol. The molecule has 1 atom stereocenters. The average Bonchev–Trinajstić information content (AvgIpc) is 3.23. The van der Waals surface area contributed by atoms with Crippen molar-refractivity contribution in [1.29, 1.82) is 0 Å². The zero-order valence-corrected chi connectivity index (χ0v) is 13.5. The Kier molecular flexibility index (Phi) is 2.97. The lowest BCUT2D eigenvalue weighted by molar-refractivity contribution is 0.230. The van der Waals surface area contributed by atoms with Gasteiger partial charge in [-0.05, 0) is 48.4 Å². The maximum absolute atomic E-state index is 14.0. The van der Waals surface area contributed by atoms with Gasteiger partial charge >= 0.3 is 0 Å². The van der Waals surface area contributed by atoms with E-state index < -0.39 is 0 Å². The van der Waals surface area contributed by atoms with Crippen LogP contribution in [-0.2, 0) is 0 Å². The molecule has 0 N–H and O–H groups in total. The lowest BCUT2D eigenvalue weighted by atomic mass is 10.1. The van der Waals surface area contributed by atoms with Gasteiger partial charge in [0.2, 0.25) is 5.65 Å². The first kappa shape index (κ1) is 14.0. The van der Waals surface area contributed by atoms with E-state index in [1.165, 1.54) is 25.5 Å². The predicted molar refractivity (Wildman–Crippen MR) is 87.6 cm³/mol. The fourth-order valence-electron chi connectivity index (χ4n) is 3.96. The number of tetrazole rings is 1. The number of halogens is 1. The second-order valence-electron chi connectivity index (χ2n) is 6.72. The molecule has 1 unspecified atom stereocenters. The van der Waals surface area contributed by atoms with Crippen LogP contribution in [0.3, 0.4) is 0 Å². The van der Waals surface area contributed by atoms with Crippen LogP contribution in [0.4, 0.5) is 10.2 Å². The summed E-state index contributed by atoms with van der Waals surface area (Å²) in [5.41, 5.74) is 2.52. The molecule has 1 aromatic carbocycles. The summed E-state index contributed by atoms with van der Waals surface area (Å²) in [6.45, 7) is 5.77. The molecule has 2 aliphatic rings. The summed E-state index contributed by atoms with van der Waals surface area (Å²) in [6, 6.07) is 3.79. The highest BCUT2D eigenvalue weighted by Crippen LogP contribution is 2.28. The molecule has 24 heavy (non-hydrogen) atoms. The van der Waals surface area contributed by atoms with Gasteiger partial charge in [-0.25, -0.2) is 9.37 Å². The quantitative estimate of drug-likeness (QED) is 0.673. The number of hydrogen-bond acceptors (Lipinski definition) is 6. The van der Waals surface area contributed by atoms with Crippen molar-refractivity contribution in [2.24, 2.45) is 0 Å². The van der Waals surface area contributed by atoms with Crippen molar-refractivity contribution in [1.82, 2.24) is 29.9 Å². The van der Waals surface area contributed by atoms with Gasteiger partial charge in [0.05, 0.1) is 11.0 Å². The summed E-state index contributed by atoms with van der Waals surface area (Å²) in [6.07, 6.45) is 2.48. The number of hydrogen-bond donors (Lipinski definition) is 0. The molecule has 2 aliphatic heterocycles. The fourth-order valence-corrected chi connectivity index (χ4v) is 3.96. The van der Waals surface area contributed by atoms with Gasteiger partial charge < -0.3 is 4.90 Å². The Labute approximate surface area is 138 Å². The van der Waals surface area contributed by atoms with Crippen molar-refractivity contribution in [3.05, 3.63) is 23.5 Å². The van der Waals surface area contributed by atoms with E-state index in [1.807, 2.05) is 0 Å². The number of piperazine rings is 1. The van der Waals surface area contributed by atoms with Gasteiger partial charge in [-0.3, -0.25) is 4.90 Å². The van der Waals surface area contributed by atoms with E-state index in [0.29, 0.717) is 22.8 Å². The summed E-state index contributed by atoms with van der Waals surface area (Å²) in [5, 5.41) is 12.1. The van der Waals surface area contributed by atoms with Crippen LogP contribution in [0.15, 0.2) is 12.1 Å². The van der Waals surface area contributed by atoms with Crippen LogP contribution in [0.2, 0.25) is 0 Å². The maximum Gasteiger partial charge on any atom is 0.222 e. The molecule has 2 saturated heterocycles. The highest BCUT2D eigenvalue weighted by molar-refractivity contribution is 5.83. The minimum atomic E-state index is -0.256. The van der Waals surface area contributed by atoms with E-state index in [4.69, 9.17) is 4.98 Å². The summed E-state index contributed by atoms with van der Waals surface area (Å²) in [4.78, 5) is 9.51. The van der Waals surface area contributed by atoms with E-state index in [2.05, 4.69) is 25.3 Å². The Bertz CT molecular complexity index is 937. The van der Waals surface area contributed by atoms with Crippen molar-refractivity contribution >= 4 is 22.5 Å². The van der Waals surface area contributed by atoms with Crippen LogP contribution in [0, 0.1) is 12.7 Å². The lowest BCUT2D eigenvalue weighted by Gasteiger charge is -2.38. The van der Waals surface area contributed by atoms with Crippen LogP contribution >= 0.6 is 0 Å². The molecule has 124 valence electrons. The Morgan fingerprint density at radius 1 is 1.21 bits per heavy atom. The standard InChI is InChI=1S/C16H18FN7/c1-10-7-14-13(8-12(10)17)18-15(16-19-20-21-24(14)16)23-6-5-22-4-2-3-11(22)9-23/h7-8,11H,2-6,9H2,1H3. The van der Waals surface area contributed by atoms with Gasteiger partial charge in [0.15, 0.2) is 5.82 Å². The topological polar surface area (TPSA) is 62.5 Å². The first-order chi connectivity index (χ1) is 11.7. The molecular formula is C16H18FN7. The van der Waals surface area contributed by atoms with E-state index in [9.17, 15) is 4.39 Å². The first-order valence-electron chi connectivity index (χ1n) is 8.37. The third-order valence-corrected chi connectivity index (χ3v) is 5.27. The Hall–Kier alpha value is -2.35. The van der Waals surface area contributed by atoms with Crippen molar-refractivity contribution in [2.45, 2.75) is 25.8 Å². The van der Waals surface area contributed by atoms with E-state index >= 15 is 0 Å². The van der Waals surface area contributed by atoms with Crippen LogP contribution in [-0.4, -0.2) is 62.1 Å². The Balaban J connectivity index is 1.67. The minimum absolute atomic E-state index is 0.256. The number of rotatable bonds is 1. The molecule has 4 heterocycles. The molecular weight excluding hydrogens is 309 g/mol. The SMILES string of the molecule is Cc1cc2c(cc1F)nc(N1CCN3CCCC3C1)c1nnnn12. The van der Waals surface area contributed by atoms with Crippen LogP contribution in [0.1, 0.15) is 18.4 Å². The molecule has 0 spiro atoms. The predicted octanol–water partition coefficient (Wildman–Crippen LogP) is 1.40. The zero-order chi connectivity index (χ0) is 16.3. The molecule has 3 aromatic rings. The van der Waals surface area contributed by atoms with Gasteiger partial charge in [0.25, 0.3) is 0 Å². The number of anilines is 1. The van der Waals surface area contributed by atoms with Gasteiger partial charge in [0.1, 0.15) is 5.82 Å². The van der Waals surface area contributed by atoms with Crippen LogP contribution in [0.25, 0.3) is 16.7 Å². The molecule has 0 bridgehead atoms. The highest BCUT2D eigenvalue weighted by Gasteiger charge is 2.32. The Morgan fingerprint density at radius 3 is 3.04 bits per heavy atom. The molecule has 0 amide bonds. The second kappa shape index (κ2) is 5.07. The molecule has 7 nitrogen and oxygen atoms in total. The van der Waals surface area contributed by atoms with Gasteiger partial charge in [0, 0.05) is 31.7 Å². The van der Waals surface area contributed by atoms with Crippen molar-refractivity contribution in [3.8, 4) is 0 Å². The van der Waals surface area contributed by atoms with E-state index in [-0.39, 0.29) is 5.82 Å². The third-order valence-electron chi connectivity index (χ3n) is 5.27. The fraction of sp³-hybridized carbons (Fsp3) is 0.500. The minimum Gasteiger partial charge on any atom is -0.351 e. The summed E-state index contributed by atoms with van der Waals surface area (Å²) >= 11 is 0. The van der Waals surface area contributed by atoms with Crippen molar-refractivity contribution in [3.63, 3.8) is 0 Å². The largest absolute Gasteiger partial charge is 0.351 e. The molecule has 0 saturated carbocycles. The summed E-state index contributed by atoms with van der Waals surface area (Å²) < 4.78 is 15.7. The normalized spacial score (nSPS) is 21.8. The van der Waals surface area contributed by atoms with E-state index in [1.54, 1.807) is 17.5 Å². The molecule has 2 fully saturated rings. The van der Waals surface area contributed by atoms with Gasteiger partial charge in [-0.2, -0.15) is 4.52 Å². The van der Waals surface area contributed by atoms with Crippen LogP contribution < -0.4 is 4.90 Å². The Morgan fingerprint density at radius 2 is 2.12 bits per heavy atom. The summed E-state index contributed by atoms with van der Waals surface area (Å²) in [7, 11) is 0. The molecule has 2 aromatic heterocycles. The van der Waals surface area contributed by atoms with Crippen molar-refractivity contribution in [2.75, 3.05) is 31.1 Å². The number of fused-ring (bicyclic) bond motifs is 4. The molecule has 5 rings (SSSR count). The average molecular weight is 327 g/mol. The zero-order valence-electron chi connectivity index (χ0n) is 13.5. The van der Waals surface area contributed by atoms with Gasteiger partial charge in [-0.1, -0.05) is 0 Å². The summed E-state index contributed by atoms with van der Waals surface area (Å²) in [5.74, 6) is 0.497. The van der Waals surface area contributed by atoms with Crippen LogP contribution in [0.5, 0.6) is 0 Å². The number of nitrogens with zero attached hydrogens (tertiary/aromatic N) is 7. The second-order valence-corrected chi connectivity index (χ2v) is 6.72. The first-order valence-corrected chi connectivity index (χ1v) is 8.37. The third kappa shape index (κ3) is 1.99. The number of benzene rings is 1. The number of aromatic nitrogens is 5. The molecule has 0 aliphatic carbocycles. The molecule has 0 radical (unpaired) electrons. The molecule has 8 heteroatoms. The van der Waals surface area contributed by atoms with Crippen molar-refractivity contribution < 1.29 is 4.39 Å². The smallest absolute Gasteiger partial charge is 0.222 e. The van der Waals surface area contributed by atoms with E-state index in [0.717, 1.165) is 31.0 Å². The number of aryl methyl sites for hydroxylation is 1. The lowest BCUT2D eigenvalue weighted by Crippen LogP contribution is -2.50. The van der Waals surface area contributed by atoms with Gasteiger partial charge in [-0.15, -0.1) is 5.10 Å². The highest BCUT2D eigenvalue weighted by atomic mass is 19.1.